The van der Waals surface area contributed by atoms with E-state index in [0.717, 1.165) is 28.4 Å². The third-order valence-electron chi connectivity index (χ3n) is 11.6. The van der Waals surface area contributed by atoms with Gasteiger partial charge in [-0.05, 0) is 94.0 Å². The number of allylic oxidation sites excluding steroid dienone is 2. The molecule has 1 aromatic heterocycles. The Morgan fingerprint density at radius 3 is 1.75 bits per heavy atom. The summed E-state index contributed by atoms with van der Waals surface area (Å²) in [5.41, 5.74) is 13.9. The molecule has 4 atom stereocenters. The molecule has 56 heavy (non-hydrogen) atoms. The molecule has 8 aromatic rings. The fraction of sp³-hybridized carbons (Fsp3) is 0.0769. The van der Waals surface area contributed by atoms with Gasteiger partial charge in [-0.25, -0.2) is 0 Å². The molecular weight excluding hydrogens is 701 g/mol. The van der Waals surface area contributed by atoms with Crippen LogP contribution < -0.4 is 9.80 Å². The summed E-state index contributed by atoms with van der Waals surface area (Å²) < 4.78 is 6.67. The molecule has 7 aromatic carbocycles. The molecule has 2 aliphatic heterocycles. The van der Waals surface area contributed by atoms with Crippen LogP contribution in [-0.4, -0.2) is 11.3 Å². The normalized spacial score (nSPS) is 19.2. The molecule has 0 radical (unpaired) electrons. The number of thioether (sulfide) groups is 1. The minimum Gasteiger partial charge on any atom is -0.458 e. The first-order valence-corrected chi connectivity index (χ1v) is 20.3. The highest BCUT2D eigenvalue weighted by molar-refractivity contribution is 8.00. The van der Waals surface area contributed by atoms with E-state index in [1.54, 1.807) is 0 Å². The van der Waals surface area contributed by atoms with Crippen LogP contribution in [0.1, 0.15) is 11.0 Å². The zero-order valence-corrected chi connectivity index (χ0v) is 31.5. The van der Waals surface area contributed by atoms with Crippen molar-refractivity contribution in [3.05, 3.63) is 212 Å². The largest absolute Gasteiger partial charge is 0.458 e. The van der Waals surface area contributed by atoms with E-state index < -0.39 is 0 Å². The van der Waals surface area contributed by atoms with Gasteiger partial charge in [-0.3, -0.25) is 0 Å². The maximum absolute atomic E-state index is 6.67. The standard InChI is InChI=1S/C52H38N2OS/c1-3-13-35(14-4-1)37-25-29-41(30-26-37)53(42-31-27-38(28-32-42)36-15-5-2-6-16-36)43-19-11-17-39(33-43)40-18-12-20-44(34-40)54-49-45-21-7-9-23-47(45)55-51(49)52-50(54)46-22-8-10-24-48(46)56-52/h1-34,46,48,50,52H. The molecule has 1 fully saturated rings. The van der Waals surface area contributed by atoms with Crippen LogP contribution in [-0.2, 0) is 0 Å². The molecule has 4 heteroatoms. The monoisotopic (exact) mass is 738 g/mol. The lowest BCUT2D eigenvalue weighted by Crippen LogP contribution is -2.35. The molecule has 3 nitrogen and oxygen atoms in total. The lowest BCUT2D eigenvalue weighted by Gasteiger charge is -2.32. The molecule has 11 rings (SSSR count). The van der Waals surface area contributed by atoms with E-state index in [0.29, 0.717) is 11.2 Å². The van der Waals surface area contributed by atoms with Crippen molar-refractivity contribution < 1.29 is 4.42 Å². The van der Waals surface area contributed by atoms with Gasteiger partial charge in [0.15, 0.2) is 0 Å². The number of benzene rings is 7. The van der Waals surface area contributed by atoms with Crippen molar-refractivity contribution >= 4 is 51.2 Å². The molecule has 0 bridgehead atoms. The molecule has 0 spiro atoms. The Bertz CT molecular complexity index is 2670. The van der Waals surface area contributed by atoms with Crippen molar-refractivity contribution in [1.29, 1.82) is 0 Å². The summed E-state index contributed by atoms with van der Waals surface area (Å²) in [6, 6.07) is 65.9. The van der Waals surface area contributed by atoms with Gasteiger partial charge in [0, 0.05) is 39.3 Å². The van der Waals surface area contributed by atoms with E-state index in [1.807, 2.05) is 11.8 Å². The molecular formula is C52H38N2OS. The van der Waals surface area contributed by atoms with E-state index in [2.05, 4.69) is 216 Å². The Kier molecular flexibility index (Phi) is 8.03. The molecule has 268 valence electrons. The van der Waals surface area contributed by atoms with E-state index in [4.69, 9.17) is 4.42 Å². The predicted octanol–water partition coefficient (Wildman–Crippen LogP) is 14.3. The van der Waals surface area contributed by atoms with E-state index >= 15 is 0 Å². The summed E-state index contributed by atoms with van der Waals surface area (Å²) in [5.74, 6) is 1.51. The van der Waals surface area contributed by atoms with Crippen LogP contribution in [0.3, 0.4) is 0 Å². The average Bonchev–Trinajstić information content (AvgIpc) is 3.93. The summed E-state index contributed by atoms with van der Waals surface area (Å²) >= 11 is 2.04. The number of hydrogen-bond acceptors (Lipinski definition) is 4. The van der Waals surface area contributed by atoms with Gasteiger partial charge >= 0.3 is 0 Å². The van der Waals surface area contributed by atoms with Crippen LogP contribution in [0.2, 0.25) is 0 Å². The number of fused-ring (bicyclic) bond motifs is 7. The lowest BCUT2D eigenvalue weighted by molar-refractivity contribution is 0.498. The highest BCUT2D eigenvalue weighted by Gasteiger charge is 2.54. The van der Waals surface area contributed by atoms with Crippen molar-refractivity contribution in [2.45, 2.75) is 16.5 Å². The molecule has 3 aliphatic rings. The minimum absolute atomic E-state index is 0.266. The van der Waals surface area contributed by atoms with Gasteiger partial charge in [-0.15, -0.1) is 11.8 Å². The second-order valence-electron chi connectivity index (χ2n) is 14.8. The Balaban J connectivity index is 0.994. The van der Waals surface area contributed by atoms with Gasteiger partial charge in [0.1, 0.15) is 11.3 Å². The Labute approximate surface area is 331 Å². The van der Waals surface area contributed by atoms with Gasteiger partial charge < -0.3 is 14.2 Å². The van der Waals surface area contributed by atoms with Gasteiger partial charge in [-0.2, -0.15) is 0 Å². The molecule has 1 aliphatic carbocycles. The Morgan fingerprint density at radius 1 is 0.482 bits per heavy atom. The highest BCUT2D eigenvalue weighted by atomic mass is 32.2. The summed E-state index contributed by atoms with van der Waals surface area (Å²) in [5, 5.41) is 1.89. The number of anilines is 5. The minimum atomic E-state index is 0.266. The topological polar surface area (TPSA) is 19.6 Å². The van der Waals surface area contributed by atoms with Gasteiger partial charge in [0.25, 0.3) is 0 Å². The van der Waals surface area contributed by atoms with Crippen LogP contribution in [0.5, 0.6) is 0 Å². The fourth-order valence-electron chi connectivity index (χ4n) is 8.94. The van der Waals surface area contributed by atoms with E-state index in [1.165, 1.54) is 50.1 Å². The van der Waals surface area contributed by atoms with Crippen LogP contribution in [0.4, 0.5) is 28.4 Å². The quantitative estimate of drug-likeness (QED) is 0.162. The Morgan fingerprint density at radius 2 is 1.05 bits per heavy atom. The lowest BCUT2D eigenvalue weighted by atomic mass is 9.90. The predicted molar refractivity (Wildman–Crippen MR) is 235 cm³/mol. The van der Waals surface area contributed by atoms with Crippen LogP contribution in [0.25, 0.3) is 44.3 Å². The second-order valence-corrected chi connectivity index (χ2v) is 16.1. The number of rotatable bonds is 7. The van der Waals surface area contributed by atoms with Gasteiger partial charge in [0.05, 0.1) is 17.0 Å². The van der Waals surface area contributed by atoms with Gasteiger partial charge in [0.2, 0.25) is 0 Å². The van der Waals surface area contributed by atoms with Crippen molar-refractivity contribution in [3.63, 3.8) is 0 Å². The van der Waals surface area contributed by atoms with Crippen molar-refractivity contribution in [3.8, 4) is 33.4 Å². The maximum Gasteiger partial charge on any atom is 0.144 e. The van der Waals surface area contributed by atoms with Crippen LogP contribution in [0.15, 0.2) is 211 Å². The smallest absolute Gasteiger partial charge is 0.144 e. The maximum atomic E-state index is 6.67. The molecule has 0 saturated carbocycles. The average molecular weight is 739 g/mol. The number of hydrogen-bond donors (Lipinski definition) is 0. The van der Waals surface area contributed by atoms with Crippen molar-refractivity contribution in [2.24, 2.45) is 5.92 Å². The van der Waals surface area contributed by atoms with Crippen molar-refractivity contribution in [2.75, 3.05) is 9.80 Å². The Hall–Kier alpha value is -6.49. The number of furan rings is 1. The third-order valence-corrected chi connectivity index (χ3v) is 13.1. The highest BCUT2D eigenvalue weighted by Crippen LogP contribution is 2.63. The zero-order valence-electron chi connectivity index (χ0n) is 30.7. The molecule has 4 unspecified atom stereocenters. The summed E-state index contributed by atoms with van der Waals surface area (Å²) in [4.78, 5) is 4.96. The first-order chi connectivity index (χ1) is 27.8. The van der Waals surface area contributed by atoms with Crippen molar-refractivity contribution in [1.82, 2.24) is 0 Å². The number of nitrogens with zero attached hydrogens (tertiary/aromatic N) is 2. The summed E-state index contributed by atoms with van der Waals surface area (Å²) in [6.07, 6.45) is 9.19. The fourth-order valence-corrected chi connectivity index (χ4v) is 10.6. The van der Waals surface area contributed by atoms with Crippen LogP contribution in [0, 0.1) is 5.92 Å². The number of para-hydroxylation sites is 1. The van der Waals surface area contributed by atoms with Gasteiger partial charge in [-0.1, -0.05) is 146 Å². The molecule has 0 N–H and O–H groups in total. The first-order valence-electron chi connectivity index (χ1n) is 19.4. The SMILES string of the molecule is C1=CC2SC3c4oc5ccccc5c4N(c4cccc(-c5cccc(N(c6ccc(-c7ccccc7)cc6)c6ccc(-c7ccccc7)cc6)c5)c4)C3C2C=C1. The van der Waals surface area contributed by atoms with E-state index in [9.17, 15) is 0 Å². The molecule has 0 amide bonds. The first kappa shape index (κ1) is 32.9. The molecule has 1 saturated heterocycles. The summed E-state index contributed by atoms with van der Waals surface area (Å²) in [6.45, 7) is 0. The summed E-state index contributed by atoms with van der Waals surface area (Å²) in [7, 11) is 0. The zero-order chi connectivity index (χ0) is 37.0. The second kappa shape index (κ2) is 13.7. The van der Waals surface area contributed by atoms with E-state index in [-0.39, 0.29) is 11.3 Å². The third kappa shape index (κ3) is 5.60. The van der Waals surface area contributed by atoms with Crippen LogP contribution >= 0.6 is 11.8 Å². The molecule has 3 heterocycles.